The third kappa shape index (κ3) is 2.27. The molecule has 5 heteroatoms. The Morgan fingerprint density at radius 2 is 2.07 bits per heavy atom. The fourth-order valence-corrected chi connectivity index (χ4v) is 1.37. The van der Waals surface area contributed by atoms with Gasteiger partial charge in [0.25, 0.3) is 0 Å². The standard InChI is InChI=1S/C9H10F4O/c1-14-7(6-4-2-3-5-6)8(10)9(11,12)13/h4H,2-3,5H2,1H3. The summed E-state index contributed by atoms with van der Waals surface area (Å²) in [6, 6.07) is 0. The van der Waals surface area contributed by atoms with Crippen molar-refractivity contribution in [1.82, 2.24) is 0 Å². The molecule has 0 fully saturated rings. The lowest BCUT2D eigenvalue weighted by Gasteiger charge is -2.11. The largest absolute Gasteiger partial charge is 0.493 e. The monoisotopic (exact) mass is 210 g/mol. The van der Waals surface area contributed by atoms with Gasteiger partial charge in [-0.1, -0.05) is 6.08 Å². The Morgan fingerprint density at radius 3 is 2.43 bits per heavy atom. The highest BCUT2D eigenvalue weighted by molar-refractivity contribution is 5.32. The average molecular weight is 210 g/mol. The number of rotatable bonds is 2. The highest BCUT2D eigenvalue weighted by Gasteiger charge is 2.39. The zero-order valence-electron chi connectivity index (χ0n) is 7.62. The molecule has 0 heterocycles. The van der Waals surface area contributed by atoms with E-state index in [1.54, 1.807) is 6.08 Å². The minimum Gasteiger partial charge on any atom is -0.493 e. The normalized spacial score (nSPS) is 19.1. The van der Waals surface area contributed by atoms with Gasteiger partial charge in [-0.15, -0.1) is 0 Å². The molecule has 0 amide bonds. The van der Waals surface area contributed by atoms with Gasteiger partial charge in [-0.2, -0.15) is 17.6 Å². The van der Waals surface area contributed by atoms with E-state index in [1.807, 2.05) is 0 Å². The summed E-state index contributed by atoms with van der Waals surface area (Å²) < 4.78 is 53.3. The van der Waals surface area contributed by atoms with Crippen molar-refractivity contribution < 1.29 is 22.3 Å². The SMILES string of the molecule is COC(C1=CCCC1)=C(F)C(F)(F)F. The van der Waals surface area contributed by atoms with Gasteiger partial charge >= 0.3 is 6.18 Å². The second-order valence-electron chi connectivity index (χ2n) is 2.97. The molecule has 14 heavy (non-hydrogen) atoms. The van der Waals surface area contributed by atoms with Crippen LogP contribution < -0.4 is 0 Å². The van der Waals surface area contributed by atoms with Crippen LogP contribution in [-0.2, 0) is 4.74 Å². The van der Waals surface area contributed by atoms with Gasteiger partial charge in [0.15, 0.2) is 5.76 Å². The van der Waals surface area contributed by atoms with Crippen LogP contribution in [0.3, 0.4) is 0 Å². The maximum atomic E-state index is 12.8. The molecule has 0 bridgehead atoms. The molecule has 80 valence electrons. The molecular formula is C9H10F4O. The minimum atomic E-state index is -4.96. The van der Waals surface area contributed by atoms with Crippen molar-refractivity contribution in [3.05, 3.63) is 23.2 Å². The summed E-state index contributed by atoms with van der Waals surface area (Å²) in [4.78, 5) is 0. The van der Waals surface area contributed by atoms with Crippen LogP contribution in [0.5, 0.6) is 0 Å². The summed E-state index contributed by atoms with van der Waals surface area (Å²) >= 11 is 0. The fraction of sp³-hybridized carbons (Fsp3) is 0.556. The van der Waals surface area contributed by atoms with Crippen LogP contribution in [0.4, 0.5) is 17.6 Å². The van der Waals surface area contributed by atoms with E-state index in [2.05, 4.69) is 4.74 Å². The fourth-order valence-electron chi connectivity index (χ4n) is 1.37. The number of methoxy groups -OCH3 is 1. The Morgan fingerprint density at radius 1 is 1.43 bits per heavy atom. The Bertz CT molecular complexity index is 275. The van der Waals surface area contributed by atoms with Gasteiger partial charge in [0, 0.05) is 0 Å². The van der Waals surface area contributed by atoms with Crippen LogP contribution in [0.1, 0.15) is 19.3 Å². The van der Waals surface area contributed by atoms with Crippen molar-refractivity contribution in [3.8, 4) is 0 Å². The summed E-state index contributed by atoms with van der Waals surface area (Å²) in [6.07, 6.45) is -1.54. The van der Waals surface area contributed by atoms with Crippen molar-refractivity contribution in [2.45, 2.75) is 25.4 Å². The first kappa shape index (κ1) is 11.1. The van der Waals surface area contributed by atoms with Crippen molar-refractivity contribution in [2.24, 2.45) is 0 Å². The third-order valence-electron chi connectivity index (χ3n) is 1.98. The summed E-state index contributed by atoms with van der Waals surface area (Å²) in [5.74, 6) is -2.82. The molecule has 0 unspecified atom stereocenters. The molecule has 0 aliphatic heterocycles. The van der Waals surface area contributed by atoms with Gasteiger partial charge in [-0.05, 0) is 24.8 Å². The quantitative estimate of drug-likeness (QED) is 0.500. The van der Waals surface area contributed by atoms with Crippen molar-refractivity contribution in [2.75, 3.05) is 7.11 Å². The number of halogens is 4. The molecule has 0 aromatic heterocycles. The molecule has 1 aliphatic rings. The second-order valence-corrected chi connectivity index (χ2v) is 2.97. The van der Waals surface area contributed by atoms with Crippen molar-refractivity contribution >= 4 is 0 Å². The highest BCUT2D eigenvalue weighted by Crippen LogP contribution is 2.35. The van der Waals surface area contributed by atoms with E-state index in [-0.39, 0.29) is 0 Å². The smallest absolute Gasteiger partial charge is 0.446 e. The zero-order chi connectivity index (χ0) is 10.8. The van der Waals surface area contributed by atoms with Gasteiger partial charge in [-0.25, -0.2) is 0 Å². The first-order valence-corrected chi connectivity index (χ1v) is 4.17. The lowest BCUT2D eigenvalue weighted by Crippen LogP contribution is -2.12. The van der Waals surface area contributed by atoms with Crippen molar-refractivity contribution in [1.29, 1.82) is 0 Å². The summed E-state index contributed by atoms with van der Waals surface area (Å²) in [5, 5.41) is 0. The van der Waals surface area contributed by atoms with Gasteiger partial charge in [-0.3, -0.25) is 0 Å². The molecule has 1 aliphatic carbocycles. The molecule has 0 atom stereocenters. The molecule has 0 aromatic carbocycles. The summed E-state index contributed by atoms with van der Waals surface area (Å²) in [7, 11) is 1.04. The molecule has 1 nitrogen and oxygen atoms in total. The molecule has 0 saturated carbocycles. The number of hydrogen-bond donors (Lipinski definition) is 0. The molecule has 1 rings (SSSR count). The molecule has 0 radical (unpaired) electrons. The van der Waals surface area contributed by atoms with E-state index in [0.29, 0.717) is 18.4 Å². The maximum absolute atomic E-state index is 12.8. The second kappa shape index (κ2) is 4.02. The Hall–Kier alpha value is -1.00. The number of allylic oxidation sites excluding steroid dienone is 3. The Kier molecular flexibility index (Phi) is 3.18. The summed E-state index contributed by atoms with van der Waals surface area (Å²) in [6.45, 7) is 0. The molecule has 0 spiro atoms. The van der Waals surface area contributed by atoms with E-state index in [0.717, 1.165) is 13.5 Å². The average Bonchev–Trinajstić information content (AvgIpc) is 2.57. The third-order valence-corrected chi connectivity index (χ3v) is 1.98. The predicted molar refractivity (Wildman–Crippen MR) is 43.1 cm³/mol. The first-order chi connectivity index (χ1) is 6.46. The van der Waals surface area contributed by atoms with Crippen LogP contribution in [0, 0.1) is 0 Å². The number of alkyl halides is 3. The Balaban J connectivity index is 3.00. The lowest BCUT2D eigenvalue weighted by molar-refractivity contribution is -0.112. The number of ether oxygens (including phenoxy) is 1. The number of hydrogen-bond acceptors (Lipinski definition) is 1. The van der Waals surface area contributed by atoms with Crippen molar-refractivity contribution in [3.63, 3.8) is 0 Å². The van der Waals surface area contributed by atoms with Crippen LogP contribution in [0.25, 0.3) is 0 Å². The van der Waals surface area contributed by atoms with E-state index in [4.69, 9.17) is 0 Å². The first-order valence-electron chi connectivity index (χ1n) is 4.17. The maximum Gasteiger partial charge on any atom is 0.446 e. The molecule has 0 N–H and O–H groups in total. The van der Waals surface area contributed by atoms with E-state index >= 15 is 0 Å². The van der Waals surface area contributed by atoms with Gasteiger partial charge in [0.2, 0.25) is 5.83 Å². The Labute approximate surface area is 79.0 Å². The van der Waals surface area contributed by atoms with Gasteiger partial charge in [0.1, 0.15) is 0 Å². The molecular weight excluding hydrogens is 200 g/mol. The topological polar surface area (TPSA) is 9.23 Å². The predicted octanol–water partition coefficient (Wildman–Crippen LogP) is 3.49. The van der Waals surface area contributed by atoms with Gasteiger partial charge in [0.05, 0.1) is 7.11 Å². The molecule has 0 saturated heterocycles. The minimum absolute atomic E-state index is 0.308. The van der Waals surface area contributed by atoms with Crippen LogP contribution in [0.2, 0.25) is 0 Å². The highest BCUT2D eigenvalue weighted by atomic mass is 19.4. The molecule has 0 aromatic rings. The van der Waals surface area contributed by atoms with Gasteiger partial charge < -0.3 is 4.74 Å². The van der Waals surface area contributed by atoms with Crippen LogP contribution in [-0.4, -0.2) is 13.3 Å². The van der Waals surface area contributed by atoms with E-state index < -0.39 is 17.8 Å². The van der Waals surface area contributed by atoms with Crippen LogP contribution >= 0.6 is 0 Å². The summed E-state index contributed by atoms with van der Waals surface area (Å²) in [5.41, 5.74) is 0.308. The van der Waals surface area contributed by atoms with E-state index in [1.165, 1.54) is 0 Å². The lowest BCUT2D eigenvalue weighted by atomic mass is 10.2. The zero-order valence-corrected chi connectivity index (χ0v) is 7.62. The van der Waals surface area contributed by atoms with E-state index in [9.17, 15) is 17.6 Å². The van der Waals surface area contributed by atoms with Crippen LogP contribution in [0.15, 0.2) is 23.2 Å².